The molecule has 0 spiro atoms. The molecule has 0 fully saturated rings. The molecule has 0 heterocycles. The monoisotopic (exact) mass is 282 g/mol. The number of nitrogens with one attached hydrogen (secondary N) is 1. The highest BCUT2D eigenvalue weighted by atomic mass is 16.2. The van der Waals surface area contributed by atoms with Crippen LogP contribution < -0.4 is 5.32 Å². The maximum atomic E-state index is 12.1. The SMILES string of the molecule is C#CCNCC(=O)N(CCCN(C)C)CCCN(C)C. The van der Waals surface area contributed by atoms with Gasteiger partial charge in [0.15, 0.2) is 0 Å². The van der Waals surface area contributed by atoms with Gasteiger partial charge in [-0.15, -0.1) is 6.42 Å². The number of amides is 1. The summed E-state index contributed by atoms with van der Waals surface area (Å²) in [5, 5.41) is 2.97. The van der Waals surface area contributed by atoms with Crippen molar-refractivity contribution in [3.05, 3.63) is 0 Å². The molecule has 0 aliphatic rings. The number of nitrogens with zero attached hydrogens (tertiary/aromatic N) is 3. The van der Waals surface area contributed by atoms with Gasteiger partial charge in [-0.2, -0.15) is 0 Å². The van der Waals surface area contributed by atoms with Gasteiger partial charge in [-0.1, -0.05) is 5.92 Å². The van der Waals surface area contributed by atoms with Crippen molar-refractivity contribution in [2.75, 3.05) is 67.5 Å². The van der Waals surface area contributed by atoms with E-state index in [0.717, 1.165) is 39.0 Å². The Hall–Kier alpha value is -1.09. The first-order chi connectivity index (χ1) is 9.47. The van der Waals surface area contributed by atoms with Gasteiger partial charge in [0.2, 0.25) is 5.91 Å². The lowest BCUT2D eigenvalue weighted by Crippen LogP contribution is -2.40. The number of rotatable bonds is 11. The van der Waals surface area contributed by atoms with Crippen molar-refractivity contribution in [3.8, 4) is 12.3 Å². The average molecular weight is 282 g/mol. The highest BCUT2D eigenvalue weighted by molar-refractivity contribution is 5.78. The van der Waals surface area contributed by atoms with Crippen molar-refractivity contribution < 1.29 is 4.79 Å². The van der Waals surface area contributed by atoms with Gasteiger partial charge < -0.3 is 14.7 Å². The topological polar surface area (TPSA) is 38.8 Å². The quantitative estimate of drug-likeness (QED) is 0.426. The number of terminal acetylenes is 1. The average Bonchev–Trinajstić information content (AvgIpc) is 2.36. The van der Waals surface area contributed by atoms with Crippen LogP contribution in [-0.2, 0) is 4.79 Å². The summed E-state index contributed by atoms with van der Waals surface area (Å²) in [6, 6.07) is 0. The molecule has 1 amide bonds. The number of hydrogen-bond acceptors (Lipinski definition) is 4. The zero-order valence-corrected chi connectivity index (χ0v) is 13.5. The van der Waals surface area contributed by atoms with E-state index in [0.29, 0.717) is 13.1 Å². The minimum Gasteiger partial charge on any atom is -0.341 e. The van der Waals surface area contributed by atoms with Gasteiger partial charge in [-0.25, -0.2) is 0 Å². The molecule has 0 saturated carbocycles. The third-order valence-electron chi connectivity index (χ3n) is 2.92. The van der Waals surface area contributed by atoms with Crippen LogP contribution in [-0.4, -0.2) is 88.1 Å². The predicted molar refractivity (Wildman–Crippen MR) is 84.6 cm³/mol. The molecule has 5 heteroatoms. The van der Waals surface area contributed by atoms with Gasteiger partial charge in [-0.05, 0) is 54.1 Å². The molecule has 0 aromatic rings. The Balaban J connectivity index is 4.15. The minimum atomic E-state index is 0.137. The van der Waals surface area contributed by atoms with Crippen molar-refractivity contribution in [2.24, 2.45) is 0 Å². The molecular weight excluding hydrogens is 252 g/mol. The highest BCUT2D eigenvalue weighted by Gasteiger charge is 2.12. The lowest BCUT2D eigenvalue weighted by Gasteiger charge is -2.24. The summed E-state index contributed by atoms with van der Waals surface area (Å²) in [5.41, 5.74) is 0. The number of carbonyl (C=O) groups is 1. The first-order valence-corrected chi connectivity index (χ1v) is 7.18. The predicted octanol–water partition coefficient (Wildman–Crippen LogP) is -0.0588. The van der Waals surface area contributed by atoms with E-state index in [1.807, 2.05) is 33.1 Å². The molecule has 0 unspecified atom stereocenters. The summed E-state index contributed by atoms with van der Waals surface area (Å²) in [6.45, 7) is 4.37. The van der Waals surface area contributed by atoms with E-state index in [-0.39, 0.29) is 5.91 Å². The summed E-state index contributed by atoms with van der Waals surface area (Å²) >= 11 is 0. The Kier molecular flexibility index (Phi) is 11.1. The molecule has 0 aromatic heterocycles. The van der Waals surface area contributed by atoms with E-state index >= 15 is 0 Å². The van der Waals surface area contributed by atoms with E-state index in [1.54, 1.807) is 0 Å². The molecule has 20 heavy (non-hydrogen) atoms. The summed E-state index contributed by atoms with van der Waals surface area (Å²) in [4.78, 5) is 18.4. The zero-order chi connectivity index (χ0) is 15.4. The van der Waals surface area contributed by atoms with Crippen molar-refractivity contribution in [3.63, 3.8) is 0 Å². The second kappa shape index (κ2) is 11.7. The van der Waals surface area contributed by atoms with Gasteiger partial charge in [0.25, 0.3) is 0 Å². The highest BCUT2D eigenvalue weighted by Crippen LogP contribution is 1.97. The molecule has 0 atom stereocenters. The van der Waals surface area contributed by atoms with E-state index in [2.05, 4.69) is 21.0 Å². The van der Waals surface area contributed by atoms with E-state index in [4.69, 9.17) is 6.42 Å². The molecule has 0 rings (SSSR count). The summed E-state index contributed by atoms with van der Waals surface area (Å²) in [6.07, 6.45) is 7.16. The van der Waals surface area contributed by atoms with E-state index in [1.165, 1.54) is 0 Å². The second-order valence-corrected chi connectivity index (χ2v) is 5.50. The van der Waals surface area contributed by atoms with Gasteiger partial charge >= 0.3 is 0 Å². The fourth-order valence-corrected chi connectivity index (χ4v) is 1.87. The molecule has 0 aliphatic heterocycles. The minimum absolute atomic E-state index is 0.137. The van der Waals surface area contributed by atoms with Crippen molar-refractivity contribution in [1.82, 2.24) is 20.0 Å². The van der Waals surface area contributed by atoms with Crippen LogP contribution in [0.1, 0.15) is 12.8 Å². The first-order valence-electron chi connectivity index (χ1n) is 7.18. The summed E-state index contributed by atoms with van der Waals surface area (Å²) < 4.78 is 0. The van der Waals surface area contributed by atoms with Crippen LogP contribution in [0.3, 0.4) is 0 Å². The van der Waals surface area contributed by atoms with Gasteiger partial charge in [0, 0.05) is 13.1 Å². The fourth-order valence-electron chi connectivity index (χ4n) is 1.87. The fraction of sp³-hybridized carbons (Fsp3) is 0.800. The lowest BCUT2D eigenvalue weighted by molar-refractivity contribution is -0.130. The maximum Gasteiger partial charge on any atom is 0.236 e. The van der Waals surface area contributed by atoms with Crippen LogP contribution in [0, 0.1) is 12.3 Å². The maximum absolute atomic E-state index is 12.1. The van der Waals surface area contributed by atoms with E-state index < -0.39 is 0 Å². The Morgan fingerprint density at radius 3 is 1.90 bits per heavy atom. The van der Waals surface area contributed by atoms with Crippen LogP contribution in [0.5, 0.6) is 0 Å². The standard InChI is InChI=1S/C15H30N4O/c1-6-9-16-14-15(20)19(12-7-10-17(2)3)13-8-11-18(4)5/h1,16H,7-14H2,2-5H3. The van der Waals surface area contributed by atoms with Gasteiger partial charge in [0.05, 0.1) is 13.1 Å². The van der Waals surface area contributed by atoms with Crippen molar-refractivity contribution in [1.29, 1.82) is 0 Å². The molecular formula is C15H30N4O. The smallest absolute Gasteiger partial charge is 0.236 e. The molecule has 0 aromatic carbocycles. The van der Waals surface area contributed by atoms with Crippen molar-refractivity contribution >= 4 is 5.91 Å². The van der Waals surface area contributed by atoms with Crippen molar-refractivity contribution in [2.45, 2.75) is 12.8 Å². The van der Waals surface area contributed by atoms with E-state index in [9.17, 15) is 4.79 Å². The second-order valence-electron chi connectivity index (χ2n) is 5.50. The Bertz CT molecular complexity index is 283. The Morgan fingerprint density at radius 2 is 1.50 bits per heavy atom. The van der Waals surface area contributed by atoms with Crippen LogP contribution in [0.25, 0.3) is 0 Å². The molecule has 5 nitrogen and oxygen atoms in total. The van der Waals surface area contributed by atoms with Crippen LogP contribution >= 0.6 is 0 Å². The molecule has 0 radical (unpaired) electrons. The third kappa shape index (κ3) is 10.8. The molecule has 1 N–H and O–H groups in total. The number of hydrogen-bond donors (Lipinski definition) is 1. The molecule has 0 bridgehead atoms. The van der Waals surface area contributed by atoms with Crippen LogP contribution in [0.15, 0.2) is 0 Å². The third-order valence-corrected chi connectivity index (χ3v) is 2.92. The first kappa shape index (κ1) is 18.9. The lowest BCUT2D eigenvalue weighted by atomic mass is 10.3. The molecule has 0 saturated heterocycles. The summed E-state index contributed by atoms with van der Waals surface area (Å²) in [5.74, 6) is 2.62. The molecule has 0 aliphatic carbocycles. The number of carbonyl (C=O) groups excluding carboxylic acids is 1. The Morgan fingerprint density at radius 1 is 1.00 bits per heavy atom. The van der Waals surface area contributed by atoms with Gasteiger partial charge in [-0.3, -0.25) is 10.1 Å². The zero-order valence-electron chi connectivity index (χ0n) is 13.5. The largest absolute Gasteiger partial charge is 0.341 e. The molecule has 116 valence electrons. The summed E-state index contributed by atoms with van der Waals surface area (Å²) in [7, 11) is 8.19. The normalized spacial score (nSPS) is 10.8. The van der Waals surface area contributed by atoms with Crippen LogP contribution in [0.2, 0.25) is 0 Å². The van der Waals surface area contributed by atoms with Gasteiger partial charge in [0.1, 0.15) is 0 Å². The Labute approximate surface area is 124 Å². The van der Waals surface area contributed by atoms with Crippen LogP contribution in [0.4, 0.5) is 0 Å².